The highest BCUT2D eigenvalue weighted by Crippen LogP contribution is 2.32. The van der Waals surface area contributed by atoms with Crippen LogP contribution in [0.3, 0.4) is 0 Å². The van der Waals surface area contributed by atoms with Gasteiger partial charge in [-0.25, -0.2) is 4.39 Å². The topological polar surface area (TPSA) is 38.5 Å². The molecular weight excluding hydrogens is 269 g/mol. The second-order valence-electron chi connectivity index (χ2n) is 5.06. The standard InChI is InChI=1S/C14H21F3N2O/c1-10(18)11-5-4-6-12(13(11)15)14(16,17)9-20-8-7-19(2)3/h4-6,10H,7-9,18H2,1-3H3/t10-/m1/s1. The summed E-state index contributed by atoms with van der Waals surface area (Å²) < 4.78 is 46.9. The van der Waals surface area contributed by atoms with E-state index in [9.17, 15) is 13.2 Å². The first-order valence-corrected chi connectivity index (χ1v) is 6.40. The van der Waals surface area contributed by atoms with Crippen molar-refractivity contribution in [1.29, 1.82) is 0 Å². The van der Waals surface area contributed by atoms with Crippen LogP contribution in [0, 0.1) is 5.82 Å². The van der Waals surface area contributed by atoms with Crippen LogP contribution < -0.4 is 5.73 Å². The molecule has 0 spiro atoms. The molecule has 1 atom stereocenters. The van der Waals surface area contributed by atoms with Crippen LogP contribution in [-0.4, -0.2) is 38.8 Å². The zero-order chi connectivity index (χ0) is 15.3. The average Bonchev–Trinajstić information content (AvgIpc) is 2.34. The Kier molecular flexibility index (Phi) is 5.98. The number of hydrogen-bond acceptors (Lipinski definition) is 3. The fourth-order valence-electron chi connectivity index (χ4n) is 1.71. The molecule has 0 aliphatic carbocycles. The van der Waals surface area contributed by atoms with E-state index < -0.39 is 30.0 Å². The fraction of sp³-hybridized carbons (Fsp3) is 0.571. The quantitative estimate of drug-likeness (QED) is 0.784. The van der Waals surface area contributed by atoms with E-state index in [1.54, 1.807) is 6.92 Å². The van der Waals surface area contributed by atoms with Crippen molar-refractivity contribution in [2.75, 3.05) is 33.9 Å². The first kappa shape index (κ1) is 16.9. The third kappa shape index (κ3) is 4.47. The SMILES string of the molecule is C[C@@H](N)c1cccc(C(F)(F)COCCN(C)C)c1F. The Bertz CT molecular complexity index is 436. The lowest BCUT2D eigenvalue weighted by Gasteiger charge is -2.20. The normalized spacial score (nSPS) is 13.8. The molecule has 3 nitrogen and oxygen atoms in total. The highest BCUT2D eigenvalue weighted by Gasteiger charge is 2.36. The fourth-order valence-corrected chi connectivity index (χ4v) is 1.71. The monoisotopic (exact) mass is 290 g/mol. The van der Waals surface area contributed by atoms with Gasteiger partial charge in [0.25, 0.3) is 5.92 Å². The number of alkyl halides is 2. The summed E-state index contributed by atoms with van der Waals surface area (Å²) in [5.74, 6) is -4.33. The van der Waals surface area contributed by atoms with Crippen LogP contribution >= 0.6 is 0 Å². The van der Waals surface area contributed by atoms with E-state index >= 15 is 0 Å². The summed E-state index contributed by atoms with van der Waals surface area (Å²) in [5, 5.41) is 0. The average molecular weight is 290 g/mol. The minimum Gasteiger partial charge on any atom is -0.373 e. The van der Waals surface area contributed by atoms with E-state index in [4.69, 9.17) is 10.5 Å². The van der Waals surface area contributed by atoms with Crippen LogP contribution in [0.25, 0.3) is 0 Å². The van der Waals surface area contributed by atoms with Gasteiger partial charge in [0.1, 0.15) is 12.4 Å². The number of ether oxygens (including phenoxy) is 1. The number of hydrogen-bond donors (Lipinski definition) is 1. The predicted octanol–water partition coefficient (Wildman–Crippen LogP) is 2.52. The van der Waals surface area contributed by atoms with Crippen LogP contribution in [0.2, 0.25) is 0 Å². The van der Waals surface area contributed by atoms with Crippen LogP contribution in [-0.2, 0) is 10.7 Å². The molecule has 0 aliphatic rings. The summed E-state index contributed by atoms with van der Waals surface area (Å²) in [4.78, 5) is 1.81. The Morgan fingerprint density at radius 2 is 2.00 bits per heavy atom. The molecule has 0 fully saturated rings. The van der Waals surface area contributed by atoms with Gasteiger partial charge in [-0.3, -0.25) is 0 Å². The van der Waals surface area contributed by atoms with Crippen LogP contribution in [0.5, 0.6) is 0 Å². The van der Waals surface area contributed by atoms with Gasteiger partial charge in [0, 0.05) is 18.2 Å². The number of nitrogens with zero attached hydrogens (tertiary/aromatic N) is 1. The zero-order valence-electron chi connectivity index (χ0n) is 12.0. The first-order chi connectivity index (χ1) is 9.25. The second-order valence-corrected chi connectivity index (χ2v) is 5.06. The van der Waals surface area contributed by atoms with E-state index in [2.05, 4.69) is 0 Å². The molecule has 6 heteroatoms. The maximum Gasteiger partial charge on any atom is 0.298 e. The summed E-state index contributed by atoms with van der Waals surface area (Å²) in [6.07, 6.45) is 0. The number of halogens is 3. The Morgan fingerprint density at radius 3 is 2.55 bits per heavy atom. The molecule has 2 N–H and O–H groups in total. The van der Waals surface area contributed by atoms with Gasteiger partial charge in [-0.05, 0) is 27.1 Å². The predicted molar refractivity (Wildman–Crippen MR) is 72.3 cm³/mol. The van der Waals surface area contributed by atoms with Gasteiger partial charge in [0.15, 0.2) is 0 Å². The highest BCUT2D eigenvalue weighted by molar-refractivity contribution is 5.31. The Labute approximate surface area is 117 Å². The van der Waals surface area contributed by atoms with Crippen molar-refractivity contribution in [3.63, 3.8) is 0 Å². The maximum atomic E-state index is 14.0. The van der Waals surface area contributed by atoms with E-state index in [-0.39, 0.29) is 12.2 Å². The van der Waals surface area contributed by atoms with Gasteiger partial charge in [0.05, 0.1) is 12.2 Å². The van der Waals surface area contributed by atoms with Crippen molar-refractivity contribution in [3.8, 4) is 0 Å². The highest BCUT2D eigenvalue weighted by atomic mass is 19.3. The second kappa shape index (κ2) is 7.06. The van der Waals surface area contributed by atoms with Crippen LogP contribution in [0.15, 0.2) is 18.2 Å². The van der Waals surface area contributed by atoms with Crippen LogP contribution in [0.4, 0.5) is 13.2 Å². The van der Waals surface area contributed by atoms with Gasteiger partial charge in [0.2, 0.25) is 0 Å². The third-order valence-corrected chi connectivity index (χ3v) is 2.88. The largest absolute Gasteiger partial charge is 0.373 e. The van der Waals surface area contributed by atoms with E-state index in [0.717, 1.165) is 6.07 Å². The summed E-state index contributed by atoms with van der Waals surface area (Å²) >= 11 is 0. The summed E-state index contributed by atoms with van der Waals surface area (Å²) in [6.45, 7) is 1.39. The molecule has 114 valence electrons. The van der Waals surface area contributed by atoms with Gasteiger partial charge in [-0.1, -0.05) is 12.1 Å². The number of nitrogens with two attached hydrogens (primary N) is 1. The lowest BCUT2D eigenvalue weighted by molar-refractivity contribution is -0.0861. The van der Waals surface area contributed by atoms with Crippen molar-refractivity contribution in [2.45, 2.75) is 18.9 Å². The van der Waals surface area contributed by atoms with E-state index in [0.29, 0.717) is 6.54 Å². The summed E-state index contributed by atoms with van der Waals surface area (Å²) in [5.41, 5.74) is 4.97. The van der Waals surface area contributed by atoms with Crippen LogP contribution in [0.1, 0.15) is 24.1 Å². The minimum atomic E-state index is -3.37. The van der Waals surface area contributed by atoms with Gasteiger partial charge >= 0.3 is 0 Å². The van der Waals surface area contributed by atoms with Gasteiger partial charge in [-0.2, -0.15) is 8.78 Å². The van der Waals surface area contributed by atoms with E-state index in [1.165, 1.54) is 12.1 Å². The van der Waals surface area contributed by atoms with E-state index in [1.807, 2.05) is 19.0 Å². The van der Waals surface area contributed by atoms with Crippen molar-refractivity contribution in [1.82, 2.24) is 4.90 Å². The number of likely N-dealkylation sites (N-methyl/N-ethyl adjacent to an activating group) is 1. The Balaban J connectivity index is 2.79. The molecular formula is C14H21F3N2O. The van der Waals surface area contributed by atoms with Crippen molar-refractivity contribution in [2.24, 2.45) is 5.73 Å². The molecule has 0 amide bonds. The number of benzene rings is 1. The first-order valence-electron chi connectivity index (χ1n) is 6.40. The molecule has 20 heavy (non-hydrogen) atoms. The molecule has 1 rings (SSSR count). The molecule has 1 aromatic carbocycles. The molecule has 0 radical (unpaired) electrons. The molecule has 1 aromatic rings. The zero-order valence-corrected chi connectivity index (χ0v) is 12.0. The Hall–Kier alpha value is -1.11. The number of rotatable bonds is 7. The van der Waals surface area contributed by atoms with Crippen molar-refractivity contribution in [3.05, 3.63) is 35.1 Å². The molecule has 0 aromatic heterocycles. The maximum absolute atomic E-state index is 14.0. The molecule has 0 saturated carbocycles. The lowest BCUT2D eigenvalue weighted by Crippen LogP contribution is -2.26. The molecule has 0 aliphatic heterocycles. The molecule has 0 bridgehead atoms. The molecule has 0 unspecified atom stereocenters. The summed E-state index contributed by atoms with van der Waals surface area (Å²) in [7, 11) is 3.63. The lowest BCUT2D eigenvalue weighted by atomic mass is 10.0. The third-order valence-electron chi connectivity index (χ3n) is 2.88. The van der Waals surface area contributed by atoms with Gasteiger partial charge in [-0.15, -0.1) is 0 Å². The van der Waals surface area contributed by atoms with Crippen molar-refractivity contribution < 1.29 is 17.9 Å². The molecule has 0 heterocycles. The van der Waals surface area contributed by atoms with Crippen molar-refractivity contribution >= 4 is 0 Å². The molecule has 0 saturated heterocycles. The Morgan fingerprint density at radius 1 is 1.35 bits per heavy atom. The van der Waals surface area contributed by atoms with Gasteiger partial charge < -0.3 is 15.4 Å². The minimum absolute atomic E-state index is 0.0791. The summed E-state index contributed by atoms with van der Waals surface area (Å²) in [6, 6.07) is 3.22. The smallest absolute Gasteiger partial charge is 0.298 e.